The van der Waals surface area contributed by atoms with Crippen molar-refractivity contribution >= 4 is 33.4 Å². The van der Waals surface area contributed by atoms with E-state index in [0.29, 0.717) is 18.7 Å². The lowest BCUT2D eigenvalue weighted by atomic mass is 10.0. The lowest BCUT2D eigenvalue weighted by molar-refractivity contribution is -0.385. The van der Waals surface area contributed by atoms with Crippen LogP contribution in [-0.4, -0.2) is 33.7 Å². The summed E-state index contributed by atoms with van der Waals surface area (Å²) in [6.45, 7) is 0.840. The predicted octanol–water partition coefficient (Wildman–Crippen LogP) is 2.31. The Hall–Kier alpha value is -0.630. The maximum atomic E-state index is 10.9. The molecule has 0 bridgehead atoms. The maximum Gasteiger partial charge on any atom is 0.273 e. The van der Waals surface area contributed by atoms with Gasteiger partial charge in [0.2, 0.25) is 0 Å². The molecule has 1 aromatic carbocycles. The summed E-state index contributed by atoms with van der Waals surface area (Å²) in [5.41, 5.74) is 0.0444. The molecule has 1 aliphatic rings. The van der Waals surface area contributed by atoms with Gasteiger partial charge in [-0.15, -0.1) is 0 Å². The third-order valence-corrected chi connectivity index (χ3v) is 4.82. The lowest BCUT2D eigenvalue weighted by Crippen LogP contribution is -2.40. The van der Waals surface area contributed by atoms with E-state index in [9.17, 15) is 15.2 Å². The molecule has 1 aromatic rings. The van der Waals surface area contributed by atoms with Crippen LogP contribution in [0.1, 0.15) is 12.0 Å². The number of thioether (sulfide) groups is 1. The summed E-state index contributed by atoms with van der Waals surface area (Å²) in [6.07, 6.45) is 0.769. The second-order valence-electron chi connectivity index (χ2n) is 4.66. The number of hydrogen-bond donors (Lipinski definition) is 2. The minimum atomic E-state index is -0.675. The van der Waals surface area contributed by atoms with Crippen molar-refractivity contribution in [2.75, 3.05) is 18.1 Å². The van der Waals surface area contributed by atoms with Crippen molar-refractivity contribution in [3.8, 4) is 0 Å². The Balaban J connectivity index is 1.98. The molecule has 0 spiro atoms. The normalized spacial score (nSPS) is 22.6. The van der Waals surface area contributed by atoms with Crippen LogP contribution in [0.15, 0.2) is 22.7 Å². The van der Waals surface area contributed by atoms with Crippen LogP contribution < -0.4 is 5.32 Å². The second-order valence-corrected chi connectivity index (χ2v) is 6.68. The van der Waals surface area contributed by atoms with Crippen molar-refractivity contribution in [2.45, 2.75) is 18.6 Å². The monoisotopic (exact) mass is 346 g/mol. The largest absolute Gasteiger partial charge is 0.388 e. The average Bonchev–Trinajstić information content (AvgIpc) is 2.76. The van der Waals surface area contributed by atoms with Crippen LogP contribution in [0.5, 0.6) is 0 Å². The molecule has 104 valence electrons. The highest BCUT2D eigenvalue weighted by Crippen LogP contribution is 2.27. The molecule has 0 saturated carbocycles. The van der Waals surface area contributed by atoms with E-state index >= 15 is 0 Å². The number of hydrogen-bond acceptors (Lipinski definition) is 5. The first-order valence-corrected chi connectivity index (χ1v) is 7.89. The van der Waals surface area contributed by atoms with Crippen LogP contribution in [0.2, 0.25) is 0 Å². The molecule has 1 unspecified atom stereocenters. The lowest BCUT2D eigenvalue weighted by Gasteiger charge is -2.21. The third-order valence-electron chi connectivity index (χ3n) is 3.09. The van der Waals surface area contributed by atoms with E-state index in [0.717, 1.165) is 22.4 Å². The molecule has 7 heteroatoms. The highest BCUT2D eigenvalue weighted by molar-refractivity contribution is 9.10. The summed E-state index contributed by atoms with van der Waals surface area (Å²) in [7, 11) is 0. The highest BCUT2D eigenvalue weighted by Gasteiger charge is 2.31. The molecule has 2 rings (SSSR count). The van der Waals surface area contributed by atoms with Crippen LogP contribution in [0.25, 0.3) is 0 Å². The maximum absolute atomic E-state index is 10.9. The smallest absolute Gasteiger partial charge is 0.273 e. The van der Waals surface area contributed by atoms with Gasteiger partial charge in [0.25, 0.3) is 5.69 Å². The molecule has 1 aliphatic heterocycles. The minimum absolute atomic E-state index is 0.100. The van der Waals surface area contributed by atoms with Gasteiger partial charge >= 0.3 is 0 Å². The molecular formula is C12H15BrN2O3S. The zero-order valence-corrected chi connectivity index (χ0v) is 12.7. The molecule has 0 amide bonds. The summed E-state index contributed by atoms with van der Waals surface area (Å²) in [5, 5.41) is 24.2. The van der Waals surface area contributed by atoms with Crippen LogP contribution in [0.3, 0.4) is 0 Å². The number of nitrogens with one attached hydrogen (secondary N) is 1. The first-order chi connectivity index (χ1) is 9.00. The van der Waals surface area contributed by atoms with Gasteiger partial charge in [0, 0.05) is 34.9 Å². The van der Waals surface area contributed by atoms with Crippen molar-refractivity contribution in [2.24, 2.45) is 0 Å². The fourth-order valence-corrected chi connectivity index (χ4v) is 3.74. The molecule has 0 radical (unpaired) electrons. The first kappa shape index (κ1) is 14.8. The zero-order valence-electron chi connectivity index (χ0n) is 10.3. The van der Waals surface area contributed by atoms with Crippen LogP contribution in [0, 0.1) is 10.1 Å². The Morgan fingerprint density at radius 3 is 3.00 bits per heavy atom. The van der Waals surface area contributed by atoms with Gasteiger partial charge in [-0.05, 0) is 24.3 Å². The van der Waals surface area contributed by atoms with E-state index in [1.54, 1.807) is 23.9 Å². The number of aliphatic hydroxyl groups is 1. The van der Waals surface area contributed by atoms with Gasteiger partial charge in [-0.25, -0.2) is 0 Å². The standard InChI is InChI=1S/C12H15BrN2O3S/c13-10-1-2-11(15(17)18)9(5-10)6-14-7-12(16)3-4-19-8-12/h1-2,5,14,16H,3-4,6-8H2. The van der Waals surface area contributed by atoms with Crippen molar-refractivity contribution < 1.29 is 10.0 Å². The summed E-state index contributed by atoms with van der Waals surface area (Å²) in [6, 6.07) is 4.88. The Morgan fingerprint density at radius 1 is 1.58 bits per heavy atom. The Morgan fingerprint density at radius 2 is 2.37 bits per heavy atom. The minimum Gasteiger partial charge on any atom is -0.388 e. The first-order valence-electron chi connectivity index (χ1n) is 5.94. The average molecular weight is 347 g/mol. The Kier molecular flexibility index (Phi) is 4.83. The summed E-state index contributed by atoms with van der Waals surface area (Å²) in [5.74, 6) is 1.69. The van der Waals surface area contributed by atoms with Gasteiger partial charge in [-0.2, -0.15) is 11.8 Å². The molecular weight excluding hydrogens is 332 g/mol. The van der Waals surface area contributed by atoms with Crippen molar-refractivity contribution in [1.82, 2.24) is 5.32 Å². The van der Waals surface area contributed by atoms with Gasteiger partial charge in [-0.3, -0.25) is 10.1 Å². The van der Waals surface area contributed by atoms with Crippen molar-refractivity contribution in [3.05, 3.63) is 38.3 Å². The third kappa shape index (κ3) is 3.92. The zero-order chi connectivity index (χ0) is 13.9. The van der Waals surface area contributed by atoms with E-state index in [-0.39, 0.29) is 10.6 Å². The Bertz CT molecular complexity index is 478. The van der Waals surface area contributed by atoms with Gasteiger partial charge in [0.05, 0.1) is 10.5 Å². The molecule has 5 nitrogen and oxygen atoms in total. The van der Waals surface area contributed by atoms with Crippen molar-refractivity contribution in [3.63, 3.8) is 0 Å². The summed E-state index contributed by atoms with van der Waals surface area (Å²) < 4.78 is 0.810. The molecule has 1 atom stereocenters. The van der Waals surface area contributed by atoms with E-state index in [1.807, 2.05) is 0 Å². The Labute approximate surface area is 124 Å². The molecule has 19 heavy (non-hydrogen) atoms. The van der Waals surface area contributed by atoms with Crippen LogP contribution in [0.4, 0.5) is 5.69 Å². The number of halogens is 1. The van der Waals surface area contributed by atoms with Gasteiger partial charge in [0.15, 0.2) is 0 Å². The van der Waals surface area contributed by atoms with Crippen LogP contribution >= 0.6 is 27.7 Å². The van der Waals surface area contributed by atoms with Crippen molar-refractivity contribution in [1.29, 1.82) is 0 Å². The fourth-order valence-electron chi connectivity index (χ4n) is 2.04. The predicted molar refractivity (Wildman–Crippen MR) is 79.4 cm³/mol. The molecule has 1 fully saturated rings. The second kappa shape index (κ2) is 6.21. The fraction of sp³-hybridized carbons (Fsp3) is 0.500. The number of benzene rings is 1. The number of nitro groups is 1. The summed E-state index contributed by atoms with van der Waals surface area (Å²) in [4.78, 5) is 10.5. The van der Waals surface area contributed by atoms with E-state index in [1.165, 1.54) is 6.07 Å². The SMILES string of the molecule is O=[N+]([O-])c1ccc(Br)cc1CNCC1(O)CCSC1. The van der Waals surface area contributed by atoms with E-state index in [4.69, 9.17) is 0 Å². The summed E-state index contributed by atoms with van der Waals surface area (Å²) >= 11 is 5.04. The van der Waals surface area contributed by atoms with Gasteiger partial charge in [0.1, 0.15) is 0 Å². The van der Waals surface area contributed by atoms with Gasteiger partial charge in [-0.1, -0.05) is 15.9 Å². The number of nitrogens with zero attached hydrogens (tertiary/aromatic N) is 1. The van der Waals surface area contributed by atoms with Gasteiger partial charge < -0.3 is 10.4 Å². The van der Waals surface area contributed by atoms with Crippen LogP contribution in [-0.2, 0) is 6.54 Å². The molecule has 0 aromatic heterocycles. The molecule has 0 aliphatic carbocycles. The molecule has 1 heterocycles. The quantitative estimate of drug-likeness (QED) is 0.632. The topological polar surface area (TPSA) is 75.4 Å². The van der Waals surface area contributed by atoms with E-state index < -0.39 is 5.60 Å². The number of rotatable bonds is 5. The van der Waals surface area contributed by atoms with E-state index in [2.05, 4.69) is 21.2 Å². The molecule has 2 N–H and O–H groups in total. The highest BCUT2D eigenvalue weighted by atomic mass is 79.9. The molecule has 1 saturated heterocycles. The number of nitro benzene ring substituents is 1.